The Balaban J connectivity index is 0.000000343. The lowest BCUT2D eigenvalue weighted by atomic mass is 9.70. The van der Waals surface area contributed by atoms with Crippen LogP contribution in [-0.4, -0.2) is 158 Å². The first kappa shape index (κ1) is 109. The molecular weight excluding hydrogens is 1770 g/mol. The lowest BCUT2D eigenvalue weighted by Gasteiger charge is -2.33. The summed E-state index contributed by atoms with van der Waals surface area (Å²) in [4.78, 5) is 9.52. The Hall–Kier alpha value is -7.00. The second-order valence-corrected chi connectivity index (χ2v) is 42.4. The Morgan fingerprint density at radius 3 is 0.721 bits per heavy atom. The molecule has 0 atom stereocenters. The van der Waals surface area contributed by atoms with Gasteiger partial charge in [0, 0.05) is 45.0 Å². The van der Waals surface area contributed by atoms with Crippen molar-refractivity contribution in [3.8, 4) is 44.5 Å². The van der Waals surface area contributed by atoms with E-state index >= 15 is 0 Å². The van der Waals surface area contributed by atoms with Crippen molar-refractivity contribution in [1.29, 1.82) is 0 Å². The number of halogens is 3. The Labute approximate surface area is 818 Å². The van der Waals surface area contributed by atoms with Crippen LogP contribution in [0, 0.1) is 27.7 Å². The minimum atomic E-state index is 0. The van der Waals surface area contributed by atoms with Crippen LogP contribution in [0.4, 0.5) is 34.1 Å². The molecule has 0 spiro atoms. The first-order valence-corrected chi connectivity index (χ1v) is 49.4. The van der Waals surface area contributed by atoms with E-state index in [1.165, 1.54) is 331 Å². The van der Waals surface area contributed by atoms with Crippen LogP contribution in [0.15, 0.2) is 218 Å². The highest BCUT2D eigenvalue weighted by molar-refractivity contribution is 5.87. The second kappa shape index (κ2) is 52.6. The van der Waals surface area contributed by atoms with Crippen LogP contribution in [-0.2, 0) is 23.7 Å². The number of hydrogen-bond donors (Lipinski definition) is 3. The standard InChI is InChI=1S/C60H87N4.C57H78N4.CH4.3BrH/c1-48-25-33-53(34-26-48)61(54-35-28-50(29-36-54)24-18-12-15-21-43-62(3,4)5)55-37-30-51(31-38-55)52-32-40-57-56-39-27-49(2)46-58(56)60(59(57)47-52,41-19-13-16-22-44-63(6,7)8)42-20-14-17-23-45-64(9,10)11;1-45-22-30-50(31-23-45)61(51-32-25-47(26-33-51)21-15-9-12-18-40-58(3)4)52-34-27-48(28-35-52)49-29-37-54-53-36-24-46(2)43-55(53)57(56(54)44-49,38-16-10-13-19-41-59(5)6)39-17-11-14-20-42-60(7)8;;;;/h25-40,46-47H,12-24,41-45H2,1-11H3;22-37,43-44H,9-21,38-42H2,1-8H3;1H4;3*1H/q+3;;;;;. The molecule has 129 heavy (non-hydrogen) atoms. The summed E-state index contributed by atoms with van der Waals surface area (Å²) in [6.07, 6.45) is 38.5. The molecule has 0 unspecified atom stereocenters. The van der Waals surface area contributed by atoms with Gasteiger partial charge in [-0.1, -0.05) is 227 Å². The Bertz CT molecular complexity index is 4850. The molecule has 0 bridgehead atoms. The number of quaternary nitrogens is 6. The fraction of sp³-hybridized carbons (Fsp3) is 0.492. The van der Waals surface area contributed by atoms with Crippen molar-refractivity contribution in [2.75, 3.05) is 155 Å². The molecule has 0 heterocycles. The monoisotopic (exact) mass is 1940 g/mol. The van der Waals surface area contributed by atoms with E-state index in [2.05, 4.69) is 362 Å². The third kappa shape index (κ3) is 32.4. The Kier molecular flexibility index (Phi) is 44.5. The van der Waals surface area contributed by atoms with E-state index in [0.717, 1.165) is 26.3 Å². The predicted molar refractivity (Wildman–Crippen MR) is 550 cm³/mol. The molecule has 0 saturated carbocycles. The van der Waals surface area contributed by atoms with Gasteiger partial charge in [0.25, 0.3) is 0 Å². The predicted octanol–water partition coefficient (Wildman–Crippen LogP) is 16.6. The molecule has 8 nitrogen and oxygen atoms in total. The molecule has 702 valence electrons. The fourth-order valence-corrected chi connectivity index (χ4v) is 20.1. The number of nitrogens with one attached hydrogen (secondary N) is 3. The van der Waals surface area contributed by atoms with E-state index in [0.29, 0.717) is 0 Å². The number of benzene rings is 10. The summed E-state index contributed by atoms with van der Waals surface area (Å²) in [5.74, 6) is 0. The van der Waals surface area contributed by atoms with Gasteiger partial charge in [0.1, 0.15) is 0 Å². The molecule has 0 radical (unpaired) electrons. The highest BCUT2D eigenvalue weighted by Crippen LogP contribution is 2.58. The van der Waals surface area contributed by atoms with E-state index < -0.39 is 0 Å². The third-order valence-electron chi connectivity index (χ3n) is 27.3. The number of unbranched alkanes of at least 4 members (excludes halogenated alkanes) is 18. The molecule has 2 aliphatic carbocycles. The minimum absolute atomic E-state index is 0. The van der Waals surface area contributed by atoms with Crippen molar-refractivity contribution in [2.45, 2.75) is 239 Å². The normalized spacial score (nSPS) is 12.9. The van der Waals surface area contributed by atoms with Crippen LogP contribution in [0.2, 0.25) is 0 Å². The van der Waals surface area contributed by atoms with Crippen LogP contribution in [0.3, 0.4) is 0 Å². The maximum atomic E-state index is 2.61. The molecule has 0 aromatic heterocycles. The highest BCUT2D eigenvalue weighted by atomic mass is 79.9. The van der Waals surface area contributed by atoms with Gasteiger partial charge in [-0.3, -0.25) is 0 Å². The van der Waals surface area contributed by atoms with Crippen molar-refractivity contribution in [1.82, 2.24) is 0 Å². The average Bonchev–Trinajstić information content (AvgIpc) is 1.57. The molecule has 0 amide bonds. The number of nitrogens with zero attached hydrogens (tertiary/aromatic N) is 5. The first-order valence-electron chi connectivity index (χ1n) is 49.4. The minimum Gasteiger partial charge on any atom is -1.00 e. The van der Waals surface area contributed by atoms with Gasteiger partial charge < -0.3 is 88.9 Å². The summed E-state index contributed by atoms with van der Waals surface area (Å²) in [6, 6.07) is 85.0. The number of fused-ring (bicyclic) bond motifs is 6. The van der Waals surface area contributed by atoms with E-state index in [4.69, 9.17) is 0 Å². The summed E-state index contributed by atoms with van der Waals surface area (Å²) in [5, 5.41) is 0. The maximum absolute atomic E-state index is 2.61. The zero-order chi connectivity index (χ0) is 89.2. The van der Waals surface area contributed by atoms with Gasteiger partial charge in [-0.05, 0) is 319 Å². The van der Waals surface area contributed by atoms with Gasteiger partial charge in [0.15, 0.2) is 0 Å². The van der Waals surface area contributed by atoms with Gasteiger partial charge in [-0.2, -0.15) is 0 Å². The molecule has 10 aromatic carbocycles. The van der Waals surface area contributed by atoms with Gasteiger partial charge in [-0.15, -0.1) is 0 Å². The van der Waals surface area contributed by atoms with Crippen LogP contribution in [0.25, 0.3) is 44.5 Å². The molecule has 3 N–H and O–H groups in total. The van der Waals surface area contributed by atoms with Crippen molar-refractivity contribution in [3.63, 3.8) is 0 Å². The van der Waals surface area contributed by atoms with Gasteiger partial charge >= 0.3 is 0 Å². The average molecular weight is 1940 g/mol. The second-order valence-electron chi connectivity index (χ2n) is 42.4. The number of hydrogen-bond acceptors (Lipinski definition) is 2. The Morgan fingerprint density at radius 2 is 0.450 bits per heavy atom. The molecule has 2 aliphatic rings. The zero-order valence-electron chi connectivity index (χ0n) is 83.1. The van der Waals surface area contributed by atoms with Crippen LogP contribution in [0.1, 0.15) is 243 Å². The molecular formula is C118H172Br3N8+3. The van der Waals surface area contributed by atoms with Crippen molar-refractivity contribution < 1.29 is 79.1 Å². The quantitative estimate of drug-likeness (QED) is 0.0261. The van der Waals surface area contributed by atoms with Crippen LogP contribution in [0.5, 0.6) is 0 Å². The highest BCUT2D eigenvalue weighted by Gasteiger charge is 2.44. The summed E-state index contributed by atoms with van der Waals surface area (Å²) in [5.41, 5.74) is 32.9. The summed E-state index contributed by atoms with van der Waals surface area (Å²) in [7, 11) is 34.5. The van der Waals surface area contributed by atoms with Crippen molar-refractivity contribution in [3.05, 3.63) is 274 Å². The smallest absolute Gasteiger partial charge is 0.0780 e. The molecule has 0 fully saturated rings. The number of aryl methyl sites for hydroxylation is 6. The lowest BCUT2D eigenvalue weighted by molar-refractivity contribution is -0.870. The Morgan fingerprint density at radius 1 is 0.233 bits per heavy atom. The summed E-state index contributed by atoms with van der Waals surface area (Å²) in [6.45, 7) is 16.5. The first-order chi connectivity index (χ1) is 59.9. The number of rotatable bonds is 50. The summed E-state index contributed by atoms with van der Waals surface area (Å²) >= 11 is 0. The SMILES string of the molecule is C.Cc1ccc(N(c2ccc(CCCCCC[N+](C)(C)C)cc2)c2ccc(-c3ccc4c(c3)C(CCCCCC[N+](C)(C)C)(CCCCCC[N+](C)(C)C)c3cc(C)ccc3-4)cc2)cc1.Cc1ccc(N(c2ccc(CCCCCC[NH+](C)C)cc2)c2ccc(-c3ccc4c(c3)C(CCCCCC[NH+](C)C)(CCCCCC[NH+](C)C)c3cc(C)ccc3-4)cc2)cc1.[Br-].[Br-].[Br-]. The van der Waals surface area contributed by atoms with Crippen LogP contribution >= 0.6 is 0 Å². The van der Waals surface area contributed by atoms with Gasteiger partial charge in [0.2, 0.25) is 0 Å². The molecule has 0 aliphatic heterocycles. The van der Waals surface area contributed by atoms with E-state index in [9.17, 15) is 0 Å². The van der Waals surface area contributed by atoms with Gasteiger partial charge in [0.05, 0.1) is 145 Å². The summed E-state index contributed by atoms with van der Waals surface area (Å²) < 4.78 is 3.16. The lowest BCUT2D eigenvalue weighted by Crippen LogP contribution is -3.05. The zero-order valence-corrected chi connectivity index (χ0v) is 87.9. The fourth-order valence-electron chi connectivity index (χ4n) is 20.1. The van der Waals surface area contributed by atoms with Crippen LogP contribution < -0.4 is 75.4 Å². The molecule has 10 aromatic rings. The van der Waals surface area contributed by atoms with E-state index in [1.807, 2.05) is 0 Å². The molecule has 12 rings (SSSR count). The molecule has 11 heteroatoms. The largest absolute Gasteiger partial charge is 1.00 e. The van der Waals surface area contributed by atoms with Crippen molar-refractivity contribution >= 4 is 34.1 Å². The maximum Gasteiger partial charge on any atom is 0.0780 e. The van der Waals surface area contributed by atoms with E-state index in [1.54, 1.807) is 37.0 Å². The van der Waals surface area contributed by atoms with Gasteiger partial charge in [-0.25, -0.2) is 0 Å². The molecule has 0 saturated heterocycles. The van der Waals surface area contributed by atoms with Crippen molar-refractivity contribution in [2.24, 2.45) is 0 Å². The van der Waals surface area contributed by atoms with E-state index in [-0.39, 0.29) is 69.2 Å². The third-order valence-corrected chi connectivity index (χ3v) is 27.3. The topological polar surface area (TPSA) is 19.8 Å². The number of anilines is 6.